The van der Waals surface area contributed by atoms with Crippen LogP contribution in [-0.4, -0.2) is 19.3 Å². The van der Waals surface area contributed by atoms with Crippen LogP contribution in [0.25, 0.3) is 16.9 Å². The minimum absolute atomic E-state index is 0.0520. The first-order valence-corrected chi connectivity index (χ1v) is 7.61. The summed E-state index contributed by atoms with van der Waals surface area (Å²) in [7, 11) is 0. The van der Waals surface area contributed by atoms with Crippen LogP contribution in [-0.2, 0) is 0 Å². The zero-order valence-electron chi connectivity index (χ0n) is 13.0. The standard InChI is InChI=1S/C18H13N5O2/c24-23(25)15-8-6-14(7-9-15)20-18-17(13-4-2-1-3-5-13)21-16-12-19-10-11-22(16)18/h1-12,20H. The van der Waals surface area contributed by atoms with E-state index < -0.39 is 4.92 Å². The number of fused-ring (bicyclic) bond motifs is 1. The summed E-state index contributed by atoms with van der Waals surface area (Å²) in [6.45, 7) is 0. The maximum absolute atomic E-state index is 10.8. The van der Waals surface area contributed by atoms with E-state index in [4.69, 9.17) is 0 Å². The van der Waals surface area contributed by atoms with Crippen molar-refractivity contribution in [1.29, 1.82) is 0 Å². The van der Waals surface area contributed by atoms with Gasteiger partial charge in [-0.1, -0.05) is 30.3 Å². The van der Waals surface area contributed by atoms with Gasteiger partial charge in [-0.2, -0.15) is 0 Å². The second kappa shape index (κ2) is 6.04. The zero-order valence-corrected chi connectivity index (χ0v) is 13.0. The average Bonchev–Trinajstić information content (AvgIpc) is 3.02. The molecule has 1 N–H and O–H groups in total. The number of nitrogens with one attached hydrogen (secondary N) is 1. The van der Waals surface area contributed by atoms with Gasteiger partial charge in [-0.05, 0) is 12.1 Å². The highest BCUT2D eigenvalue weighted by molar-refractivity contribution is 5.79. The highest BCUT2D eigenvalue weighted by Gasteiger charge is 2.14. The number of non-ortho nitro benzene ring substituents is 1. The summed E-state index contributed by atoms with van der Waals surface area (Å²) in [6, 6.07) is 16.1. The van der Waals surface area contributed by atoms with Crippen LogP contribution < -0.4 is 5.32 Å². The van der Waals surface area contributed by atoms with Crippen LogP contribution in [0, 0.1) is 10.1 Å². The molecule has 0 atom stereocenters. The molecule has 4 aromatic rings. The van der Waals surface area contributed by atoms with Crippen molar-refractivity contribution in [2.24, 2.45) is 0 Å². The van der Waals surface area contributed by atoms with Gasteiger partial charge < -0.3 is 5.32 Å². The Morgan fingerprint density at radius 1 is 1.04 bits per heavy atom. The van der Waals surface area contributed by atoms with Crippen LogP contribution in [0.1, 0.15) is 0 Å². The SMILES string of the molecule is O=[N+]([O-])c1ccc(Nc2c(-c3ccccc3)nc3cnccn23)cc1. The Hall–Kier alpha value is -3.74. The molecule has 0 aliphatic rings. The topological polar surface area (TPSA) is 85.4 Å². The second-order valence-electron chi connectivity index (χ2n) is 5.41. The summed E-state index contributed by atoms with van der Waals surface area (Å²) >= 11 is 0. The Balaban J connectivity index is 1.81. The molecule has 2 aromatic carbocycles. The number of benzene rings is 2. The monoisotopic (exact) mass is 331 g/mol. The van der Waals surface area contributed by atoms with Crippen molar-refractivity contribution in [3.05, 3.63) is 83.3 Å². The maximum atomic E-state index is 10.8. The van der Waals surface area contributed by atoms with Gasteiger partial charge in [-0.3, -0.25) is 19.5 Å². The van der Waals surface area contributed by atoms with Crippen LogP contribution in [0.2, 0.25) is 0 Å². The predicted octanol–water partition coefficient (Wildman–Crippen LogP) is 4.05. The van der Waals surface area contributed by atoms with E-state index in [1.807, 2.05) is 40.9 Å². The normalized spacial score (nSPS) is 10.7. The van der Waals surface area contributed by atoms with E-state index in [0.717, 1.165) is 22.8 Å². The fourth-order valence-electron chi connectivity index (χ4n) is 2.63. The molecule has 0 fully saturated rings. The summed E-state index contributed by atoms with van der Waals surface area (Å²) in [6.07, 6.45) is 5.19. The number of nitro groups is 1. The van der Waals surface area contributed by atoms with E-state index in [2.05, 4.69) is 15.3 Å². The fraction of sp³-hybridized carbons (Fsp3) is 0. The van der Waals surface area contributed by atoms with E-state index in [-0.39, 0.29) is 5.69 Å². The number of imidazole rings is 1. The highest BCUT2D eigenvalue weighted by Crippen LogP contribution is 2.31. The van der Waals surface area contributed by atoms with Gasteiger partial charge in [0.2, 0.25) is 0 Å². The Bertz CT molecular complexity index is 1040. The highest BCUT2D eigenvalue weighted by atomic mass is 16.6. The van der Waals surface area contributed by atoms with Crippen molar-refractivity contribution in [1.82, 2.24) is 14.4 Å². The molecule has 0 amide bonds. The van der Waals surface area contributed by atoms with Crippen molar-refractivity contribution in [2.75, 3.05) is 5.32 Å². The summed E-state index contributed by atoms with van der Waals surface area (Å²) in [5.41, 5.74) is 3.26. The number of hydrogen-bond acceptors (Lipinski definition) is 5. The Morgan fingerprint density at radius 2 is 1.80 bits per heavy atom. The summed E-state index contributed by atoms with van der Waals surface area (Å²) in [5.74, 6) is 0.775. The van der Waals surface area contributed by atoms with Crippen LogP contribution in [0.3, 0.4) is 0 Å². The molecule has 0 saturated heterocycles. The van der Waals surface area contributed by atoms with Crippen molar-refractivity contribution in [2.45, 2.75) is 0 Å². The molecule has 122 valence electrons. The number of aromatic nitrogens is 3. The summed E-state index contributed by atoms with van der Waals surface area (Å²) in [4.78, 5) is 19.2. The van der Waals surface area contributed by atoms with E-state index >= 15 is 0 Å². The maximum Gasteiger partial charge on any atom is 0.269 e. The van der Waals surface area contributed by atoms with Crippen molar-refractivity contribution in [3.8, 4) is 11.3 Å². The molecule has 0 aliphatic heterocycles. The molecule has 0 saturated carbocycles. The van der Waals surface area contributed by atoms with Crippen LogP contribution in [0.15, 0.2) is 73.2 Å². The lowest BCUT2D eigenvalue weighted by atomic mass is 10.1. The van der Waals surface area contributed by atoms with Crippen molar-refractivity contribution < 1.29 is 4.92 Å². The quantitative estimate of drug-likeness (QED) is 0.450. The molecule has 7 nitrogen and oxygen atoms in total. The predicted molar refractivity (Wildman–Crippen MR) is 94.8 cm³/mol. The number of rotatable bonds is 4. The molecule has 0 radical (unpaired) electrons. The number of hydrogen-bond donors (Lipinski definition) is 1. The first kappa shape index (κ1) is 14.8. The molecular weight excluding hydrogens is 318 g/mol. The minimum Gasteiger partial charge on any atom is -0.339 e. The van der Waals surface area contributed by atoms with Gasteiger partial charge in [0.1, 0.15) is 11.5 Å². The van der Waals surface area contributed by atoms with Gasteiger partial charge in [-0.15, -0.1) is 0 Å². The number of nitro benzene ring substituents is 1. The van der Waals surface area contributed by atoms with Gasteiger partial charge in [0.05, 0.1) is 11.1 Å². The summed E-state index contributed by atoms with van der Waals surface area (Å²) in [5, 5.41) is 14.1. The number of anilines is 2. The Kier molecular flexibility index (Phi) is 3.59. The molecule has 2 aromatic heterocycles. The molecule has 25 heavy (non-hydrogen) atoms. The van der Waals surface area contributed by atoms with Gasteiger partial charge in [0.15, 0.2) is 5.65 Å². The molecule has 0 bridgehead atoms. The van der Waals surface area contributed by atoms with E-state index in [9.17, 15) is 10.1 Å². The first-order chi connectivity index (χ1) is 12.2. The van der Waals surface area contributed by atoms with Crippen LogP contribution >= 0.6 is 0 Å². The van der Waals surface area contributed by atoms with Gasteiger partial charge in [-0.25, -0.2) is 4.98 Å². The third-order valence-electron chi connectivity index (χ3n) is 3.82. The lowest BCUT2D eigenvalue weighted by Gasteiger charge is -2.08. The first-order valence-electron chi connectivity index (χ1n) is 7.61. The van der Waals surface area contributed by atoms with Crippen molar-refractivity contribution in [3.63, 3.8) is 0 Å². The molecule has 2 heterocycles. The Morgan fingerprint density at radius 3 is 2.52 bits per heavy atom. The summed E-state index contributed by atoms with van der Waals surface area (Å²) < 4.78 is 1.90. The second-order valence-corrected chi connectivity index (χ2v) is 5.41. The average molecular weight is 331 g/mol. The molecule has 0 aliphatic carbocycles. The van der Waals surface area contributed by atoms with Gasteiger partial charge >= 0.3 is 0 Å². The molecule has 4 rings (SSSR count). The van der Waals surface area contributed by atoms with E-state index in [1.165, 1.54) is 12.1 Å². The fourth-order valence-corrected chi connectivity index (χ4v) is 2.63. The zero-order chi connectivity index (χ0) is 17.2. The minimum atomic E-state index is -0.418. The number of nitrogens with zero attached hydrogens (tertiary/aromatic N) is 4. The third kappa shape index (κ3) is 2.78. The van der Waals surface area contributed by atoms with Crippen molar-refractivity contribution >= 4 is 22.8 Å². The van der Waals surface area contributed by atoms with Crippen LogP contribution in [0.5, 0.6) is 0 Å². The third-order valence-corrected chi connectivity index (χ3v) is 3.82. The molecule has 0 unspecified atom stereocenters. The van der Waals surface area contributed by atoms with Gasteiger partial charge in [0, 0.05) is 35.8 Å². The van der Waals surface area contributed by atoms with E-state index in [1.54, 1.807) is 24.5 Å². The Labute approximate surface area is 142 Å². The largest absolute Gasteiger partial charge is 0.339 e. The van der Waals surface area contributed by atoms with E-state index in [0.29, 0.717) is 5.65 Å². The lowest BCUT2D eigenvalue weighted by Crippen LogP contribution is -1.97. The van der Waals surface area contributed by atoms with Crippen LogP contribution in [0.4, 0.5) is 17.2 Å². The lowest BCUT2D eigenvalue weighted by molar-refractivity contribution is -0.384. The van der Waals surface area contributed by atoms with Gasteiger partial charge in [0.25, 0.3) is 5.69 Å². The smallest absolute Gasteiger partial charge is 0.269 e. The molecule has 7 heteroatoms. The molecule has 0 spiro atoms. The molecular formula is C18H13N5O2.